The number of aromatic nitrogens is 1. The van der Waals surface area contributed by atoms with Crippen molar-refractivity contribution in [2.45, 2.75) is 13.5 Å². The van der Waals surface area contributed by atoms with E-state index in [0.29, 0.717) is 23.5 Å². The van der Waals surface area contributed by atoms with Crippen molar-refractivity contribution in [1.82, 2.24) is 10.3 Å². The normalized spacial score (nSPS) is 10.5. The van der Waals surface area contributed by atoms with Crippen LogP contribution in [0.4, 0.5) is 0 Å². The Balaban J connectivity index is 1.81. The fourth-order valence-electron chi connectivity index (χ4n) is 2.32. The van der Waals surface area contributed by atoms with Crippen LogP contribution in [0, 0.1) is 0 Å². The summed E-state index contributed by atoms with van der Waals surface area (Å²) >= 11 is 0. The summed E-state index contributed by atoms with van der Waals surface area (Å²) in [5.41, 5.74) is 0.487. The molecule has 3 rings (SSSR count). The van der Waals surface area contributed by atoms with E-state index in [-0.39, 0.29) is 12.1 Å². The summed E-state index contributed by atoms with van der Waals surface area (Å²) in [7, 11) is 0. The third kappa shape index (κ3) is 3.27. The zero-order valence-corrected chi connectivity index (χ0v) is 13.1. The van der Waals surface area contributed by atoms with Gasteiger partial charge < -0.3 is 14.5 Å². The Morgan fingerprint density at radius 1 is 1.25 bits per heavy atom. The fourth-order valence-corrected chi connectivity index (χ4v) is 2.32. The number of nitrogens with zero attached hydrogens (tertiary/aromatic N) is 1. The maximum Gasteiger partial charge on any atom is 0.349 e. The van der Waals surface area contributed by atoms with Crippen LogP contribution in [-0.4, -0.2) is 17.5 Å². The Morgan fingerprint density at radius 3 is 2.92 bits per heavy atom. The molecule has 0 saturated heterocycles. The second-order valence-corrected chi connectivity index (χ2v) is 5.07. The van der Waals surface area contributed by atoms with Gasteiger partial charge in [0.1, 0.15) is 11.1 Å². The van der Waals surface area contributed by atoms with Crippen LogP contribution in [0.15, 0.2) is 57.9 Å². The number of benzene rings is 1. The molecular formula is C18H16N2O4. The van der Waals surface area contributed by atoms with E-state index >= 15 is 0 Å². The molecule has 1 N–H and O–H groups in total. The molecule has 24 heavy (non-hydrogen) atoms. The van der Waals surface area contributed by atoms with Gasteiger partial charge in [0.25, 0.3) is 5.91 Å². The van der Waals surface area contributed by atoms with Gasteiger partial charge in [0.15, 0.2) is 0 Å². The average molecular weight is 324 g/mol. The minimum atomic E-state index is -0.664. The number of ether oxygens (including phenoxy) is 1. The number of carbonyl (C=O) groups is 1. The topological polar surface area (TPSA) is 81.4 Å². The van der Waals surface area contributed by atoms with Crippen LogP contribution in [-0.2, 0) is 6.54 Å². The molecule has 0 atom stereocenters. The molecule has 1 amide bonds. The number of nitrogens with one attached hydrogen (secondary N) is 1. The summed E-state index contributed by atoms with van der Waals surface area (Å²) in [6, 6.07) is 12.1. The lowest BCUT2D eigenvalue weighted by atomic mass is 10.1. The highest BCUT2D eigenvalue weighted by Gasteiger charge is 2.14. The highest BCUT2D eigenvalue weighted by Crippen LogP contribution is 2.15. The van der Waals surface area contributed by atoms with Gasteiger partial charge in [0.05, 0.1) is 6.61 Å². The average Bonchev–Trinajstić information content (AvgIpc) is 2.60. The van der Waals surface area contributed by atoms with Crippen molar-refractivity contribution in [2.75, 3.05) is 6.61 Å². The monoisotopic (exact) mass is 324 g/mol. The fraction of sp³-hybridized carbons (Fsp3) is 0.167. The molecule has 1 aromatic carbocycles. The summed E-state index contributed by atoms with van der Waals surface area (Å²) in [4.78, 5) is 28.4. The van der Waals surface area contributed by atoms with Crippen LogP contribution < -0.4 is 15.7 Å². The van der Waals surface area contributed by atoms with Crippen molar-refractivity contribution in [2.24, 2.45) is 0 Å². The van der Waals surface area contributed by atoms with Crippen molar-refractivity contribution in [3.05, 3.63) is 70.2 Å². The van der Waals surface area contributed by atoms with E-state index < -0.39 is 11.5 Å². The quantitative estimate of drug-likeness (QED) is 0.729. The minimum Gasteiger partial charge on any atom is -0.478 e. The molecule has 6 heteroatoms. The predicted octanol–water partition coefficient (Wildman–Crippen LogP) is 2.52. The lowest BCUT2D eigenvalue weighted by Crippen LogP contribution is -2.28. The molecule has 2 aromatic heterocycles. The molecule has 0 fully saturated rings. The van der Waals surface area contributed by atoms with E-state index in [1.807, 2.05) is 13.0 Å². The predicted molar refractivity (Wildman–Crippen MR) is 89.1 cm³/mol. The summed E-state index contributed by atoms with van der Waals surface area (Å²) in [5.74, 6) is -0.0355. The van der Waals surface area contributed by atoms with E-state index in [2.05, 4.69) is 10.3 Å². The molecule has 122 valence electrons. The van der Waals surface area contributed by atoms with Gasteiger partial charge in [-0.15, -0.1) is 0 Å². The first-order valence-corrected chi connectivity index (χ1v) is 7.57. The van der Waals surface area contributed by atoms with Gasteiger partial charge in [-0.25, -0.2) is 9.78 Å². The maximum atomic E-state index is 12.3. The van der Waals surface area contributed by atoms with Crippen molar-refractivity contribution in [3.8, 4) is 5.88 Å². The highest BCUT2D eigenvalue weighted by atomic mass is 16.5. The van der Waals surface area contributed by atoms with Crippen LogP contribution in [0.2, 0.25) is 0 Å². The molecule has 0 aliphatic rings. The number of rotatable bonds is 5. The molecule has 0 radical (unpaired) electrons. The Bertz CT molecular complexity index is 933. The Kier molecular flexibility index (Phi) is 4.56. The zero-order chi connectivity index (χ0) is 16.9. The first-order valence-electron chi connectivity index (χ1n) is 7.57. The number of carbonyl (C=O) groups excluding carboxylic acids is 1. The number of pyridine rings is 1. The summed E-state index contributed by atoms with van der Waals surface area (Å²) < 4.78 is 10.6. The van der Waals surface area contributed by atoms with Gasteiger partial charge in [0, 0.05) is 23.7 Å². The molecule has 0 bridgehead atoms. The van der Waals surface area contributed by atoms with E-state index in [1.165, 1.54) is 6.07 Å². The Morgan fingerprint density at radius 2 is 2.08 bits per heavy atom. The highest BCUT2D eigenvalue weighted by molar-refractivity contribution is 5.96. The lowest BCUT2D eigenvalue weighted by Gasteiger charge is -2.09. The molecule has 0 unspecified atom stereocenters. The second-order valence-electron chi connectivity index (χ2n) is 5.07. The number of hydrogen-bond acceptors (Lipinski definition) is 5. The molecule has 0 aliphatic heterocycles. The third-order valence-electron chi connectivity index (χ3n) is 3.46. The Labute approximate surface area is 138 Å². The van der Waals surface area contributed by atoms with Crippen LogP contribution in [0.1, 0.15) is 22.8 Å². The zero-order valence-electron chi connectivity index (χ0n) is 13.1. The van der Waals surface area contributed by atoms with Crippen molar-refractivity contribution in [3.63, 3.8) is 0 Å². The molecule has 0 spiro atoms. The number of hydrogen-bond donors (Lipinski definition) is 1. The minimum absolute atomic E-state index is 0.0319. The molecule has 6 nitrogen and oxygen atoms in total. The second kappa shape index (κ2) is 6.95. The standard InChI is InChI=1S/C18H16N2O4/c1-2-23-17-13(7-5-9-19-17)11-20-16(21)14-10-12-6-3-4-8-15(12)24-18(14)22/h3-10H,2,11H2,1H3,(H,20,21). The molecule has 2 heterocycles. The van der Waals surface area contributed by atoms with Crippen LogP contribution in [0.5, 0.6) is 5.88 Å². The summed E-state index contributed by atoms with van der Waals surface area (Å²) in [5, 5.41) is 3.39. The van der Waals surface area contributed by atoms with Crippen molar-refractivity contribution < 1.29 is 13.9 Å². The van der Waals surface area contributed by atoms with E-state index in [1.54, 1.807) is 36.5 Å². The van der Waals surface area contributed by atoms with E-state index in [9.17, 15) is 9.59 Å². The van der Waals surface area contributed by atoms with Crippen molar-refractivity contribution >= 4 is 16.9 Å². The van der Waals surface area contributed by atoms with Crippen molar-refractivity contribution in [1.29, 1.82) is 0 Å². The lowest BCUT2D eigenvalue weighted by molar-refractivity contribution is 0.0947. The molecule has 0 aliphatic carbocycles. The number of amides is 1. The largest absolute Gasteiger partial charge is 0.478 e. The first-order chi connectivity index (χ1) is 11.7. The third-order valence-corrected chi connectivity index (χ3v) is 3.46. The van der Waals surface area contributed by atoms with Crippen LogP contribution in [0.3, 0.4) is 0 Å². The smallest absolute Gasteiger partial charge is 0.349 e. The van der Waals surface area contributed by atoms with E-state index in [4.69, 9.17) is 9.15 Å². The van der Waals surface area contributed by atoms with Crippen LogP contribution >= 0.6 is 0 Å². The van der Waals surface area contributed by atoms with Gasteiger partial charge in [0.2, 0.25) is 5.88 Å². The van der Waals surface area contributed by atoms with Crippen LogP contribution in [0.25, 0.3) is 11.0 Å². The Hall–Kier alpha value is -3.15. The number of para-hydroxylation sites is 1. The molecular weight excluding hydrogens is 308 g/mol. The van der Waals surface area contributed by atoms with Gasteiger partial charge >= 0.3 is 5.63 Å². The summed E-state index contributed by atoms with van der Waals surface area (Å²) in [6.07, 6.45) is 1.62. The molecule has 0 saturated carbocycles. The SMILES string of the molecule is CCOc1ncccc1CNC(=O)c1cc2ccccc2oc1=O. The summed E-state index contributed by atoms with van der Waals surface area (Å²) in [6.45, 7) is 2.54. The first kappa shape index (κ1) is 15.7. The number of fused-ring (bicyclic) bond motifs is 1. The maximum absolute atomic E-state index is 12.3. The van der Waals surface area contributed by atoms with Gasteiger partial charge in [-0.1, -0.05) is 24.3 Å². The van der Waals surface area contributed by atoms with Gasteiger partial charge in [-0.2, -0.15) is 0 Å². The van der Waals surface area contributed by atoms with E-state index in [0.717, 1.165) is 5.56 Å². The van der Waals surface area contributed by atoms with Gasteiger partial charge in [-0.05, 0) is 25.1 Å². The molecule has 3 aromatic rings. The van der Waals surface area contributed by atoms with Gasteiger partial charge in [-0.3, -0.25) is 4.79 Å².